The number of pyridine rings is 1. The minimum absolute atomic E-state index is 0.464. The van der Waals surface area contributed by atoms with Gasteiger partial charge in [0, 0.05) is 24.0 Å². The zero-order valence-electron chi connectivity index (χ0n) is 11.5. The Labute approximate surface area is 114 Å². The Morgan fingerprint density at radius 2 is 1.89 bits per heavy atom. The van der Waals surface area contributed by atoms with E-state index in [1.54, 1.807) is 6.92 Å². The number of hydrogen-bond acceptors (Lipinski definition) is 3. The molecule has 0 aliphatic carbocycles. The Kier molecular flexibility index (Phi) is 4.53. The van der Waals surface area contributed by atoms with Crippen molar-refractivity contribution in [3.63, 3.8) is 0 Å². The van der Waals surface area contributed by atoms with E-state index in [4.69, 9.17) is 0 Å². The van der Waals surface area contributed by atoms with Crippen molar-refractivity contribution in [2.24, 2.45) is 0 Å². The lowest BCUT2D eigenvalue weighted by molar-refractivity contribution is 0.199. The van der Waals surface area contributed by atoms with E-state index in [1.165, 1.54) is 0 Å². The molecule has 2 aromatic rings. The minimum atomic E-state index is -0.464. The van der Waals surface area contributed by atoms with Crippen molar-refractivity contribution in [3.05, 3.63) is 59.9 Å². The summed E-state index contributed by atoms with van der Waals surface area (Å²) in [6, 6.07) is 13.9. The van der Waals surface area contributed by atoms with Gasteiger partial charge in [0.25, 0.3) is 0 Å². The molecule has 0 spiro atoms. The number of anilines is 1. The summed E-state index contributed by atoms with van der Waals surface area (Å²) in [5.41, 5.74) is 3.07. The van der Waals surface area contributed by atoms with Crippen molar-refractivity contribution in [3.8, 4) is 0 Å². The molecule has 0 aliphatic heterocycles. The Morgan fingerprint density at radius 1 is 1.16 bits per heavy atom. The molecule has 1 atom stereocenters. The Bertz CT molecular complexity index is 511. The van der Waals surface area contributed by atoms with Gasteiger partial charge in [0.05, 0.1) is 18.3 Å². The highest BCUT2D eigenvalue weighted by Crippen LogP contribution is 2.26. The lowest BCUT2D eigenvalue weighted by atomic mass is 10.1. The molecule has 100 valence electrons. The zero-order chi connectivity index (χ0) is 13.7. The van der Waals surface area contributed by atoms with Gasteiger partial charge in [-0.1, -0.05) is 24.3 Å². The smallest absolute Gasteiger partial charge is 0.0781 e. The second kappa shape index (κ2) is 6.34. The summed E-state index contributed by atoms with van der Waals surface area (Å²) in [5, 5.41) is 9.87. The molecule has 1 N–H and O–H groups in total. The van der Waals surface area contributed by atoms with Crippen molar-refractivity contribution in [2.45, 2.75) is 26.5 Å². The van der Waals surface area contributed by atoms with Gasteiger partial charge in [0.15, 0.2) is 0 Å². The van der Waals surface area contributed by atoms with E-state index in [9.17, 15) is 5.11 Å². The topological polar surface area (TPSA) is 36.4 Å². The van der Waals surface area contributed by atoms with E-state index < -0.39 is 6.10 Å². The summed E-state index contributed by atoms with van der Waals surface area (Å²) >= 11 is 0. The van der Waals surface area contributed by atoms with Gasteiger partial charge in [-0.05, 0) is 32.0 Å². The number of benzene rings is 1. The maximum absolute atomic E-state index is 9.87. The van der Waals surface area contributed by atoms with Crippen LogP contribution < -0.4 is 4.90 Å². The number of rotatable bonds is 5. The quantitative estimate of drug-likeness (QED) is 0.892. The monoisotopic (exact) mass is 256 g/mol. The predicted octanol–water partition coefficient (Wildman–Crippen LogP) is 3.16. The highest BCUT2D eigenvalue weighted by Gasteiger charge is 2.13. The van der Waals surface area contributed by atoms with Crippen LogP contribution in [0.1, 0.15) is 31.2 Å². The first-order valence-corrected chi connectivity index (χ1v) is 6.64. The van der Waals surface area contributed by atoms with E-state index in [0.29, 0.717) is 0 Å². The maximum atomic E-state index is 9.87. The first-order valence-electron chi connectivity index (χ1n) is 6.64. The molecule has 0 radical (unpaired) electrons. The summed E-state index contributed by atoms with van der Waals surface area (Å²) in [7, 11) is 0. The molecule has 3 heteroatoms. The van der Waals surface area contributed by atoms with Crippen LogP contribution in [-0.2, 0) is 6.54 Å². The third kappa shape index (κ3) is 3.32. The van der Waals surface area contributed by atoms with Crippen LogP contribution in [0.2, 0.25) is 0 Å². The highest BCUT2D eigenvalue weighted by molar-refractivity contribution is 5.54. The molecular formula is C16H20N2O. The van der Waals surface area contributed by atoms with Gasteiger partial charge < -0.3 is 10.0 Å². The van der Waals surface area contributed by atoms with E-state index in [2.05, 4.69) is 22.9 Å². The number of nitrogens with zero attached hydrogens (tertiary/aromatic N) is 2. The van der Waals surface area contributed by atoms with Gasteiger partial charge in [-0.15, -0.1) is 0 Å². The van der Waals surface area contributed by atoms with E-state index in [0.717, 1.165) is 30.0 Å². The Balaban J connectivity index is 2.27. The molecule has 0 saturated heterocycles. The number of aliphatic hydroxyl groups excluding tert-OH is 1. The van der Waals surface area contributed by atoms with Gasteiger partial charge in [-0.3, -0.25) is 4.98 Å². The third-order valence-corrected chi connectivity index (χ3v) is 3.19. The molecule has 1 aromatic heterocycles. The molecule has 0 aliphatic rings. The lowest BCUT2D eigenvalue weighted by Gasteiger charge is -2.26. The number of aromatic nitrogens is 1. The van der Waals surface area contributed by atoms with E-state index >= 15 is 0 Å². The molecule has 0 saturated carbocycles. The SMILES string of the molecule is CCN(Cc1ccccn1)c1ccccc1C(C)O. The van der Waals surface area contributed by atoms with Gasteiger partial charge in [-0.25, -0.2) is 0 Å². The molecule has 1 heterocycles. The summed E-state index contributed by atoms with van der Waals surface area (Å²) < 4.78 is 0. The van der Waals surface area contributed by atoms with Gasteiger partial charge >= 0.3 is 0 Å². The number of aliphatic hydroxyl groups is 1. The van der Waals surface area contributed by atoms with Gasteiger partial charge in [0.1, 0.15) is 0 Å². The third-order valence-electron chi connectivity index (χ3n) is 3.19. The molecule has 1 unspecified atom stereocenters. The summed E-state index contributed by atoms with van der Waals surface area (Å²) in [5.74, 6) is 0. The molecular weight excluding hydrogens is 236 g/mol. The van der Waals surface area contributed by atoms with Crippen molar-refractivity contribution in [1.29, 1.82) is 0 Å². The largest absolute Gasteiger partial charge is 0.389 e. The number of para-hydroxylation sites is 1. The first-order chi connectivity index (χ1) is 9.22. The van der Waals surface area contributed by atoms with E-state index in [1.807, 2.05) is 42.6 Å². The molecule has 19 heavy (non-hydrogen) atoms. The average molecular weight is 256 g/mol. The fourth-order valence-corrected chi connectivity index (χ4v) is 2.18. The predicted molar refractivity (Wildman–Crippen MR) is 78.0 cm³/mol. The summed E-state index contributed by atoms with van der Waals surface area (Å²) in [6.07, 6.45) is 1.35. The molecule has 3 nitrogen and oxygen atoms in total. The Hall–Kier alpha value is -1.87. The molecule has 0 amide bonds. The minimum Gasteiger partial charge on any atom is -0.389 e. The first kappa shape index (κ1) is 13.6. The van der Waals surface area contributed by atoms with Crippen LogP contribution in [0.25, 0.3) is 0 Å². The number of hydrogen-bond donors (Lipinski definition) is 1. The van der Waals surface area contributed by atoms with E-state index in [-0.39, 0.29) is 0 Å². The molecule has 0 bridgehead atoms. The van der Waals surface area contributed by atoms with Crippen LogP contribution in [0.4, 0.5) is 5.69 Å². The van der Waals surface area contributed by atoms with Gasteiger partial charge in [-0.2, -0.15) is 0 Å². The van der Waals surface area contributed by atoms with Crippen LogP contribution in [0.5, 0.6) is 0 Å². The lowest BCUT2D eigenvalue weighted by Crippen LogP contribution is -2.24. The standard InChI is InChI=1S/C16H20N2O/c1-3-18(12-14-8-6-7-11-17-14)16-10-5-4-9-15(16)13(2)19/h4-11,13,19H,3,12H2,1-2H3. The molecule has 2 rings (SSSR count). The van der Waals surface area contributed by atoms with Crippen molar-refractivity contribution in [1.82, 2.24) is 4.98 Å². The van der Waals surface area contributed by atoms with Gasteiger partial charge in [0.2, 0.25) is 0 Å². The normalized spacial score (nSPS) is 12.2. The maximum Gasteiger partial charge on any atom is 0.0781 e. The highest BCUT2D eigenvalue weighted by atomic mass is 16.3. The Morgan fingerprint density at radius 3 is 2.53 bits per heavy atom. The van der Waals surface area contributed by atoms with Crippen LogP contribution in [0, 0.1) is 0 Å². The zero-order valence-corrected chi connectivity index (χ0v) is 11.5. The molecule has 1 aromatic carbocycles. The van der Waals surface area contributed by atoms with Crippen LogP contribution in [0.15, 0.2) is 48.7 Å². The van der Waals surface area contributed by atoms with Crippen LogP contribution in [0.3, 0.4) is 0 Å². The van der Waals surface area contributed by atoms with Crippen LogP contribution >= 0.6 is 0 Å². The van der Waals surface area contributed by atoms with Crippen LogP contribution in [-0.4, -0.2) is 16.6 Å². The van der Waals surface area contributed by atoms with Crippen molar-refractivity contribution >= 4 is 5.69 Å². The second-order valence-corrected chi connectivity index (χ2v) is 4.57. The fraction of sp³-hybridized carbons (Fsp3) is 0.312. The summed E-state index contributed by atoms with van der Waals surface area (Å²) in [6.45, 7) is 5.54. The van der Waals surface area contributed by atoms with Crippen molar-refractivity contribution < 1.29 is 5.11 Å². The fourth-order valence-electron chi connectivity index (χ4n) is 2.18. The molecule has 0 fully saturated rings. The second-order valence-electron chi connectivity index (χ2n) is 4.57. The van der Waals surface area contributed by atoms with Crippen molar-refractivity contribution in [2.75, 3.05) is 11.4 Å². The summed E-state index contributed by atoms with van der Waals surface area (Å²) in [4.78, 5) is 6.59. The average Bonchev–Trinajstić information content (AvgIpc) is 2.46.